The molecule has 0 unspecified atom stereocenters. The van der Waals surface area contributed by atoms with E-state index in [-0.39, 0.29) is 5.91 Å². The van der Waals surface area contributed by atoms with Crippen molar-refractivity contribution in [2.75, 3.05) is 36.8 Å². The second-order valence-electron chi connectivity index (χ2n) is 7.30. The minimum absolute atomic E-state index is 0.173. The number of thioether (sulfide) groups is 1. The van der Waals surface area contributed by atoms with Gasteiger partial charge >= 0.3 is 0 Å². The molecular formula is C24H31N3OS2. The summed E-state index contributed by atoms with van der Waals surface area (Å²) in [6, 6.07) is 16.6. The molecule has 4 nitrogen and oxygen atoms in total. The number of fused-ring (bicyclic) bond motifs is 1. The third kappa shape index (κ3) is 6.30. The zero-order chi connectivity index (χ0) is 21.3. The molecule has 0 aliphatic carbocycles. The summed E-state index contributed by atoms with van der Waals surface area (Å²) < 4.78 is 1.14. The van der Waals surface area contributed by atoms with Crippen molar-refractivity contribution in [3.8, 4) is 0 Å². The Morgan fingerprint density at radius 1 is 1.07 bits per heavy atom. The highest BCUT2D eigenvalue weighted by Crippen LogP contribution is 2.30. The van der Waals surface area contributed by atoms with Crippen LogP contribution in [-0.2, 0) is 4.79 Å². The number of thiazole rings is 1. The van der Waals surface area contributed by atoms with Gasteiger partial charge in [-0.3, -0.25) is 9.69 Å². The number of rotatable bonds is 11. The van der Waals surface area contributed by atoms with Gasteiger partial charge in [0.2, 0.25) is 5.91 Å². The molecule has 6 heteroatoms. The summed E-state index contributed by atoms with van der Waals surface area (Å²) in [5, 5.41) is 0.823. The lowest BCUT2D eigenvalue weighted by Gasteiger charge is -2.24. The monoisotopic (exact) mass is 441 g/mol. The second-order valence-corrected chi connectivity index (χ2v) is 9.48. The van der Waals surface area contributed by atoms with Gasteiger partial charge in [-0.25, -0.2) is 4.98 Å². The van der Waals surface area contributed by atoms with Crippen LogP contribution in [0.3, 0.4) is 0 Å². The Bertz CT molecular complexity index is 938. The Balaban J connectivity index is 1.66. The van der Waals surface area contributed by atoms with Gasteiger partial charge in [-0.1, -0.05) is 49.4 Å². The number of nitrogens with zero attached hydrogens (tertiary/aromatic N) is 3. The van der Waals surface area contributed by atoms with Crippen LogP contribution in [-0.4, -0.2) is 47.7 Å². The molecule has 0 bridgehead atoms. The fourth-order valence-electron chi connectivity index (χ4n) is 3.31. The molecule has 0 aliphatic heterocycles. The zero-order valence-electron chi connectivity index (χ0n) is 18.1. The molecule has 0 N–H and O–H groups in total. The molecule has 0 atom stereocenters. The molecule has 1 heterocycles. The van der Waals surface area contributed by atoms with Crippen LogP contribution < -0.4 is 4.90 Å². The number of carbonyl (C=O) groups excluding carboxylic acids is 1. The van der Waals surface area contributed by atoms with Crippen LogP contribution in [0.5, 0.6) is 0 Å². The first-order valence-electron chi connectivity index (χ1n) is 10.7. The zero-order valence-corrected chi connectivity index (χ0v) is 19.8. The molecular weight excluding hydrogens is 410 g/mol. The van der Waals surface area contributed by atoms with Gasteiger partial charge in [-0.2, -0.15) is 0 Å². The molecule has 3 rings (SSSR count). The molecule has 30 heavy (non-hydrogen) atoms. The van der Waals surface area contributed by atoms with E-state index in [9.17, 15) is 4.79 Å². The molecule has 0 spiro atoms. The smallest absolute Gasteiger partial charge is 0.228 e. The lowest BCUT2D eigenvalue weighted by Crippen LogP contribution is -2.38. The average Bonchev–Trinajstić information content (AvgIpc) is 3.17. The van der Waals surface area contributed by atoms with Gasteiger partial charge in [0.05, 0.1) is 10.2 Å². The van der Waals surface area contributed by atoms with Gasteiger partial charge in [0.15, 0.2) is 5.13 Å². The minimum atomic E-state index is 0.173. The van der Waals surface area contributed by atoms with Crippen LogP contribution in [0.15, 0.2) is 53.4 Å². The Morgan fingerprint density at radius 2 is 1.83 bits per heavy atom. The minimum Gasteiger partial charge on any atom is -0.302 e. The molecule has 0 saturated carbocycles. The Labute approximate surface area is 188 Å². The van der Waals surface area contributed by atoms with E-state index in [1.165, 1.54) is 10.5 Å². The Hall–Kier alpha value is -1.89. The van der Waals surface area contributed by atoms with Crippen molar-refractivity contribution < 1.29 is 4.79 Å². The van der Waals surface area contributed by atoms with Gasteiger partial charge in [0.25, 0.3) is 0 Å². The van der Waals surface area contributed by atoms with Crippen molar-refractivity contribution >= 4 is 44.4 Å². The normalized spacial score (nSPS) is 11.3. The van der Waals surface area contributed by atoms with Gasteiger partial charge in [0, 0.05) is 24.4 Å². The topological polar surface area (TPSA) is 36.4 Å². The van der Waals surface area contributed by atoms with Crippen molar-refractivity contribution in [2.45, 2.75) is 38.5 Å². The lowest BCUT2D eigenvalue weighted by atomic mass is 10.2. The van der Waals surface area contributed by atoms with Crippen LogP contribution in [0.25, 0.3) is 10.2 Å². The van der Waals surface area contributed by atoms with Crippen molar-refractivity contribution in [3.05, 3.63) is 54.1 Å². The van der Waals surface area contributed by atoms with Crippen molar-refractivity contribution in [1.82, 2.24) is 9.88 Å². The van der Waals surface area contributed by atoms with Gasteiger partial charge in [-0.05, 0) is 62.0 Å². The maximum atomic E-state index is 13.2. The number of aryl methyl sites for hydroxylation is 1. The van der Waals surface area contributed by atoms with Crippen LogP contribution in [0, 0.1) is 6.92 Å². The summed E-state index contributed by atoms with van der Waals surface area (Å²) in [7, 11) is 0. The highest BCUT2D eigenvalue weighted by atomic mass is 32.2. The fourth-order valence-corrected chi connectivity index (χ4v) is 5.29. The molecule has 3 aromatic rings. The number of hydrogen-bond acceptors (Lipinski definition) is 5. The maximum absolute atomic E-state index is 13.2. The third-order valence-electron chi connectivity index (χ3n) is 5.15. The largest absolute Gasteiger partial charge is 0.302 e. The van der Waals surface area contributed by atoms with Gasteiger partial charge in [-0.15, -0.1) is 11.8 Å². The molecule has 0 radical (unpaired) electrons. The van der Waals surface area contributed by atoms with Gasteiger partial charge < -0.3 is 4.90 Å². The number of carbonyl (C=O) groups is 1. The molecule has 160 valence electrons. The van der Waals surface area contributed by atoms with E-state index in [1.54, 1.807) is 11.3 Å². The maximum Gasteiger partial charge on any atom is 0.228 e. The number of likely N-dealkylation sites (N-methyl/N-ethyl adjacent to an activating group) is 1. The molecule has 2 aromatic carbocycles. The summed E-state index contributed by atoms with van der Waals surface area (Å²) in [6.07, 6.45) is 1.41. The van der Waals surface area contributed by atoms with E-state index in [0.717, 1.165) is 47.2 Å². The SMILES string of the molecule is CCN(CC)CCN(C(=O)CCCSc1ccccc1)c1nc2ccc(C)cc2s1. The van der Waals surface area contributed by atoms with E-state index in [4.69, 9.17) is 4.98 Å². The number of hydrogen-bond donors (Lipinski definition) is 0. The predicted molar refractivity (Wildman–Crippen MR) is 131 cm³/mol. The van der Waals surface area contributed by atoms with E-state index in [1.807, 2.05) is 28.8 Å². The standard InChI is InChI=1S/C24H31N3OS2/c1-4-26(5-2)15-16-27(24-25-21-14-13-19(3)18-22(21)30-24)23(28)12-9-17-29-20-10-7-6-8-11-20/h6-8,10-11,13-14,18H,4-5,9,12,15-17H2,1-3H3. The highest BCUT2D eigenvalue weighted by Gasteiger charge is 2.20. The highest BCUT2D eigenvalue weighted by molar-refractivity contribution is 7.99. The van der Waals surface area contributed by atoms with E-state index < -0.39 is 0 Å². The quantitative estimate of drug-likeness (QED) is 0.276. The van der Waals surface area contributed by atoms with Gasteiger partial charge in [0.1, 0.15) is 0 Å². The number of benzene rings is 2. The van der Waals surface area contributed by atoms with Crippen molar-refractivity contribution in [3.63, 3.8) is 0 Å². The van der Waals surface area contributed by atoms with E-state index >= 15 is 0 Å². The lowest BCUT2D eigenvalue weighted by molar-refractivity contribution is -0.118. The summed E-state index contributed by atoms with van der Waals surface area (Å²) in [5.41, 5.74) is 2.19. The first-order chi connectivity index (χ1) is 14.6. The predicted octanol–water partition coefficient (Wildman–Crippen LogP) is 5.85. The Kier molecular flexibility index (Phi) is 8.73. The van der Waals surface area contributed by atoms with Crippen LogP contribution >= 0.6 is 23.1 Å². The number of aromatic nitrogens is 1. The summed E-state index contributed by atoms with van der Waals surface area (Å²) in [4.78, 5) is 23.4. The fraction of sp³-hybridized carbons (Fsp3) is 0.417. The molecule has 1 amide bonds. The average molecular weight is 442 g/mol. The van der Waals surface area contributed by atoms with Crippen LogP contribution in [0.2, 0.25) is 0 Å². The summed E-state index contributed by atoms with van der Waals surface area (Å²) >= 11 is 3.43. The Morgan fingerprint density at radius 3 is 2.57 bits per heavy atom. The van der Waals surface area contributed by atoms with Crippen molar-refractivity contribution in [2.24, 2.45) is 0 Å². The number of anilines is 1. The van der Waals surface area contributed by atoms with Crippen LogP contribution in [0.4, 0.5) is 5.13 Å². The molecule has 0 saturated heterocycles. The van der Waals surface area contributed by atoms with Crippen LogP contribution in [0.1, 0.15) is 32.3 Å². The molecule has 0 fully saturated rings. The second kappa shape index (κ2) is 11.5. The summed E-state index contributed by atoms with van der Waals surface area (Å²) in [6.45, 7) is 9.95. The van der Waals surface area contributed by atoms with E-state index in [2.05, 4.69) is 62.1 Å². The number of amides is 1. The third-order valence-corrected chi connectivity index (χ3v) is 7.29. The first kappa shape index (κ1) is 22.8. The molecule has 0 aliphatic rings. The summed E-state index contributed by atoms with van der Waals surface area (Å²) in [5.74, 6) is 1.12. The molecule has 1 aromatic heterocycles. The van der Waals surface area contributed by atoms with E-state index in [0.29, 0.717) is 13.0 Å². The van der Waals surface area contributed by atoms with Crippen molar-refractivity contribution in [1.29, 1.82) is 0 Å². The first-order valence-corrected chi connectivity index (χ1v) is 12.5.